The van der Waals surface area contributed by atoms with Gasteiger partial charge in [-0.05, 0) is 85.6 Å². The Morgan fingerprint density at radius 1 is 0.548 bits per heavy atom. The fraction of sp³-hybridized carbons (Fsp3) is 0.415. The molecule has 5 aromatic rings. The number of benzene rings is 4. The van der Waals surface area contributed by atoms with Crippen molar-refractivity contribution in [3.05, 3.63) is 107 Å². The molecule has 5 rings (SSSR count). The molecule has 0 saturated heterocycles. The van der Waals surface area contributed by atoms with E-state index in [4.69, 9.17) is 0 Å². The van der Waals surface area contributed by atoms with E-state index in [1.54, 1.807) is 0 Å². The van der Waals surface area contributed by atoms with E-state index in [2.05, 4.69) is 155 Å². The molecule has 0 nitrogen and oxygen atoms in total. The smallest absolute Gasteiger partial charge is 0.0395 e. The predicted molar refractivity (Wildman–Crippen MR) is 188 cm³/mol. The van der Waals surface area contributed by atoms with Gasteiger partial charge in [0.25, 0.3) is 0 Å². The van der Waals surface area contributed by atoms with Crippen molar-refractivity contribution in [3.8, 4) is 11.1 Å². The highest BCUT2D eigenvalue weighted by Crippen LogP contribution is 2.45. The monoisotopic (exact) mass is 574 g/mol. The Morgan fingerprint density at radius 3 is 1.81 bits per heavy atom. The van der Waals surface area contributed by atoms with Gasteiger partial charge in [-0.15, -0.1) is 11.3 Å². The summed E-state index contributed by atoms with van der Waals surface area (Å²) in [7, 11) is 0. The molecule has 0 aliphatic rings. The molecule has 0 amide bonds. The molecule has 0 unspecified atom stereocenters. The van der Waals surface area contributed by atoms with Gasteiger partial charge in [-0.1, -0.05) is 143 Å². The standard InChI is InChI=1S/C41H50S/c1-38(2,3)25-27-16-19-29(20-17-27)30-14-12-13-15-33(30)41(10,11)26-28-18-23-35-32(24-28)31-21-22-34(39(4,5)6)36(37(31)42-35)40(7,8)9/h12-24H,25-26H2,1-11H3. The highest BCUT2D eigenvalue weighted by molar-refractivity contribution is 7.26. The summed E-state index contributed by atoms with van der Waals surface area (Å²) in [6.45, 7) is 25.9. The van der Waals surface area contributed by atoms with Crippen LogP contribution in [0.4, 0.5) is 0 Å². The minimum absolute atomic E-state index is 0.0177. The zero-order valence-corrected chi connectivity index (χ0v) is 28.6. The Bertz CT molecular complexity index is 1720. The molecule has 1 aromatic heterocycles. The summed E-state index contributed by atoms with van der Waals surface area (Å²) < 4.78 is 2.85. The van der Waals surface area contributed by atoms with Crippen molar-refractivity contribution in [1.82, 2.24) is 0 Å². The van der Waals surface area contributed by atoms with E-state index in [9.17, 15) is 0 Å². The van der Waals surface area contributed by atoms with Gasteiger partial charge in [0, 0.05) is 20.2 Å². The van der Waals surface area contributed by atoms with Crippen LogP contribution in [0.15, 0.2) is 78.9 Å². The fourth-order valence-corrected chi connectivity index (χ4v) is 8.15. The Balaban J connectivity index is 1.53. The molecule has 0 atom stereocenters. The van der Waals surface area contributed by atoms with Crippen molar-refractivity contribution in [2.24, 2.45) is 5.41 Å². The van der Waals surface area contributed by atoms with Gasteiger partial charge < -0.3 is 0 Å². The van der Waals surface area contributed by atoms with E-state index < -0.39 is 0 Å². The van der Waals surface area contributed by atoms with E-state index in [-0.39, 0.29) is 16.2 Å². The number of hydrogen-bond acceptors (Lipinski definition) is 1. The number of hydrogen-bond donors (Lipinski definition) is 0. The fourth-order valence-electron chi connectivity index (χ4n) is 6.71. The second-order valence-electron chi connectivity index (χ2n) is 16.3. The molecule has 0 aliphatic carbocycles. The molecule has 1 heterocycles. The minimum Gasteiger partial charge on any atom is -0.135 e. The van der Waals surface area contributed by atoms with Crippen molar-refractivity contribution in [1.29, 1.82) is 0 Å². The van der Waals surface area contributed by atoms with Crippen LogP contribution in [0.1, 0.15) is 104 Å². The maximum atomic E-state index is 2.48. The van der Waals surface area contributed by atoms with Crippen molar-refractivity contribution in [2.45, 2.75) is 105 Å². The Kier molecular flexibility index (Phi) is 7.76. The largest absolute Gasteiger partial charge is 0.135 e. The van der Waals surface area contributed by atoms with E-state index in [0.29, 0.717) is 5.41 Å². The molecule has 42 heavy (non-hydrogen) atoms. The van der Waals surface area contributed by atoms with E-state index in [1.807, 2.05) is 11.3 Å². The van der Waals surface area contributed by atoms with Gasteiger partial charge in [-0.3, -0.25) is 0 Å². The third-order valence-corrected chi connectivity index (χ3v) is 9.77. The van der Waals surface area contributed by atoms with Crippen LogP contribution < -0.4 is 0 Å². The minimum atomic E-state index is -0.0177. The molecule has 1 heteroatoms. The van der Waals surface area contributed by atoms with E-state index in [0.717, 1.165) is 12.8 Å². The Hall–Kier alpha value is -2.90. The second kappa shape index (κ2) is 10.7. The number of thiophene rings is 1. The quantitative estimate of drug-likeness (QED) is 0.196. The van der Waals surface area contributed by atoms with Crippen molar-refractivity contribution in [3.63, 3.8) is 0 Å². The first-order chi connectivity index (χ1) is 19.4. The highest BCUT2D eigenvalue weighted by Gasteiger charge is 2.29. The lowest BCUT2D eigenvalue weighted by Crippen LogP contribution is -2.22. The molecule has 0 fully saturated rings. The van der Waals surface area contributed by atoms with Crippen LogP contribution in [0.3, 0.4) is 0 Å². The van der Waals surface area contributed by atoms with Crippen molar-refractivity contribution in [2.75, 3.05) is 0 Å². The molecule has 0 spiro atoms. The van der Waals surface area contributed by atoms with Crippen LogP contribution >= 0.6 is 11.3 Å². The first kappa shape index (κ1) is 30.6. The first-order valence-electron chi connectivity index (χ1n) is 15.6. The third kappa shape index (κ3) is 6.23. The lowest BCUT2D eigenvalue weighted by atomic mass is 9.74. The van der Waals surface area contributed by atoms with Gasteiger partial charge in [-0.2, -0.15) is 0 Å². The van der Waals surface area contributed by atoms with Crippen LogP contribution in [0.25, 0.3) is 31.3 Å². The SMILES string of the molecule is CC(C)(C)Cc1ccc(-c2ccccc2C(C)(C)Cc2ccc3sc4c(C(C)(C)C)c(C(C)(C)C)ccc4c3c2)cc1. The molecule has 0 radical (unpaired) electrons. The summed E-state index contributed by atoms with van der Waals surface area (Å²) in [6.07, 6.45) is 2.08. The van der Waals surface area contributed by atoms with Gasteiger partial charge in [0.05, 0.1) is 0 Å². The predicted octanol–water partition coefficient (Wildman–Crippen LogP) is 12.4. The van der Waals surface area contributed by atoms with E-state index >= 15 is 0 Å². The number of fused-ring (bicyclic) bond motifs is 3. The number of rotatable bonds is 5. The highest BCUT2D eigenvalue weighted by atomic mass is 32.1. The average Bonchev–Trinajstić information content (AvgIpc) is 3.24. The summed E-state index contributed by atoms with van der Waals surface area (Å²) in [4.78, 5) is 0. The second-order valence-corrected chi connectivity index (χ2v) is 17.4. The molecule has 0 bridgehead atoms. The maximum absolute atomic E-state index is 2.48. The van der Waals surface area contributed by atoms with Crippen LogP contribution in [-0.4, -0.2) is 0 Å². The Morgan fingerprint density at radius 2 is 1.19 bits per heavy atom. The van der Waals surface area contributed by atoms with Crippen LogP contribution in [0, 0.1) is 5.41 Å². The molecular weight excluding hydrogens is 525 g/mol. The maximum Gasteiger partial charge on any atom is 0.0395 e. The van der Waals surface area contributed by atoms with Gasteiger partial charge in [-0.25, -0.2) is 0 Å². The van der Waals surface area contributed by atoms with Crippen LogP contribution in [0.5, 0.6) is 0 Å². The molecule has 4 aromatic carbocycles. The first-order valence-corrected chi connectivity index (χ1v) is 16.4. The van der Waals surface area contributed by atoms with Crippen LogP contribution in [0.2, 0.25) is 0 Å². The Labute approximate surface area is 259 Å². The molecular formula is C41H50S. The molecule has 0 aliphatic heterocycles. The van der Waals surface area contributed by atoms with Crippen molar-refractivity contribution < 1.29 is 0 Å². The molecule has 220 valence electrons. The lowest BCUT2D eigenvalue weighted by molar-refractivity contribution is 0.411. The van der Waals surface area contributed by atoms with Crippen LogP contribution in [-0.2, 0) is 29.1 Å². The summed E-state index contributed by atoms with van der Waals surface area (Å²) in [6, 6.07) is 30.3. The average molecular weight is 575 g/mol. The van der Waals surface area contributed by atoms with E-state index in [1.165, 1.54) is 59.1 Å². The summed E-state index contributed by atoms with van der Waals surface area (Å²) in [5.41, 5.74) is 10.3. The van der Waals surface area contributed by atoms with Gasteiger partial charge in [0.1, 0.15) is 0 Å². The summed E-state index contributed by atoms with van der Waals surface area (Å²) >= 11 is 1.97. The lowest BCUT2D eigenvalue weighted by Gasteiger charge is -2.30. The third-order valence-electron chi connectivity index (χ3n) is 8.56. The molecule has 0 N–H and O–H groups in total. The van der Waals surface area contributed by atoms with Crippen molar-refractivity contribution >= 4 is 31.5 Å². The van der Waals surface area contributed by atoms with Gasteiger partial charge >= 0.3 is 0 Å². The summed E-state index contributed by atoms with van der Waals surface area (Å²) in [5.74, 6) is 0. The van der Waals surface area contributed by atoms with Gasteiger partial charge in [0.2, 0.25) is 0 Å². The normalized spacial score (nSPS) is 13.3. The molecule has 0 saturated carbocycles. The van der Waals surface area contributed by atoms with Gasteiger partial charge in [0.15, 0.2) is 0 Å². The zero-order valence-electron chi connectivity index (χ0n) is 27.8. The zero-order chi connectivity index (χ0) is 30.7. The topological polar surface area (TPSA) is 0 Å². The summed E-state index contributed by atoms with van der Waals surface area (Å²) in [5, 5.41) is 2.81.